The van der Waals surface area contributed by atoms with E-state index in [9.17, 15) is 13.6 Å². The summed E-state index contributed by atoms with van der Waals surface area (Å²) in [6.45, 7) is 1.19. The van der Waals surface area contributed by atoms with Gasteiger partial charge in [0, 0.05) is 19.1 Å². The largest absolute Gasteiger partial charge is 0.371 e. The Bertz CT molecular complexity index is 498. The van der Waals surface area contributed by atoms with Crippen LogP contribution < -0.4 is 0 Å². The van der Waals surface area contributed by atoms with Crippen LogP contribution in [0.4, 0.5) is 13.6 Å². The van der Waals surface area contributed by atoms with Gasteiger partial charge in [0.1, 0.15) is 12.3 Å². The van der Waals surface area contributed by atoms with E-state index in [1.807, 2.05) is 0 Å². The molecule has 0 aromatic heterocycles. The van der Waals surface area contributed by atoms with Crippen LogP contribution in [-0.2, 0) is 4.74 Å². The quantitative estimate of drug-likeness (QED) is 0.792. The first kappa shape index (κ1) is 16.2. The number of likely N-dealkylation sites (tertiary alicyclic amines) is 1. The Balaban J connectivity index is 1.31. The average Bonchev–Trinajstić information content (AvgIpc) is 2.91. The lowest BCUT2D eigenvalue weighted by Gasteiger charge is -2.44. The normalized spacial score (nSPS) is 37.4. The summed E-state index contributed by atoms with van der Waals surface area (Å²) in [4.78, 5) is 14.4. The molecule has 24 heavy (non-hydrogen) atoms. The Morgan fingerprint density at radius 2 is 1.79 bits per heavy atom. The van der Waals surface area contributed by atoms with E-state index in [0.29, 0.717) is 38.5 Å². The number of halogens is 2. The van der Waals surface area contributed by atoms with Crippen molar-refractivity contribution >= 4 is 12.2 Å². The van der Waals surface area contributed by atoms with Crippen LogP contribution in [0.2, 0.25) is 0 Å². The molecular formula is C17H25F2N3O2. The van der Waals surface area contributed by atoms with Gasteiger partial charge in [-0.15, -0.1) is 0 Å². The summed E-state index contributed by atoms with van der Waals surface area (Å²) < 4.78 is 33.3. The molecule has 0 radical (unpaired) electrons. The van der Waals surface area contributed by atoms with Crippen molar-refractivity contribution in [3.8, 4) is 0 Å². The smallest absolute Gasteiger partial charge is 0.340 e. The highest BCUT2D eigenvalue weighted by Gasteiger charge is 2.43. The van der Waals surface area contributed by atoms with Crippen molar-refractivity contribution in [3.05, 3.63) is 0 Å². The number of hydrogen-bond acceptors (Lipinski definition) is 3. The summed E-state index contributed by atoms with van der Waals surface area (Å²) in [5, 5.41) is 5.64. The highest BCUT2D eigenvalue weighted by molar-refractivity contribution is 5.79. The zero-order chi connectivity index (χ0) is 16.7. The Labute approximate surface area is 141 Å². The summed E-state index contributed by atoms with van der Waals surface area (Å²) in [6.07, 6.45) is 4.68. The first-order chi connectivity index (χ1) is 11.6. The Hall–Kier alpha value is -1.24. The molecule has 5 nitrogen and oxygen atoms in total. The number of hydrogen-bond donors (Lipinski definition) is 0. The van der Waals surface area contributed by atoms with Gasteiger partial charge in [0.25, 0.3) is 0 Å². The lowest BCUT2D eigenvalue weighted by molar-refractivity contribution is -0.106. The average molecular weight is 341 g/mol. The molecule has 0 bridgehead atoms. The number of hydrazone groups is 1. The minimum Gasteiger partial charge on any atom is -0.371 e. The topological polar surface area (TPSA) is 45.1 Å². The Morgan fingerprint density at radius 3 is 2.42 bits per heavy atom. The van der Waals surface area contributed by atoms with Gasteiger partial charge in [0.05, 0.1) is 31.3 Å². The van der Waals surface area contributed by atoms with Crippen molar-refractivity contribution in [3.63, 3.8) is 0 Å². The minimum atomic E-state index is -1.11. The standard InChI is InChI=1S/C17H25F2N3O2/c18-12-6-11(7-13(19)8-12)16-4-5-20-22(16)17(23)21-9-15(10-21)24-14-2-1-3-14/h5,11-16H,1-4,6-10H2/t11?,12?,13?,16-/m0/s1. The summed E-state index contributed by atoms with van der Waals surface area (Å²) in [7, 11) is 0. The molecule has 2 aliphatic heterocycles. The van der Waals surface area contributed by atoms with Crippen LogP contribution in [0.5, 0.6) is 0 Å². The Morgan fingerprint density at radius 1 is 1.08 bits per heavy atom. The predicted molar refractivity (Wildman–Crippen MR) is 85.4 cm³/mol. The van der Waals surface area contributed by atoms with E-state index in [1.54, 1.807) is 11.1 Å². The molecule has 3 atom stereocenters. The molecular weight excluding hydrogens is 316 g/mol. The molecule has 2 unspecified atom stereocenters. The summed E-state index contributed by atoms with van der Waals surface area (Å²) in [5.74, 6) is -0.154. The zero-order valence-corrected chi connectivity index (χ0v) is 13.8. The number of carbonyl (C=O) groups excluding carboxylic acids is 1. The molecule has 7 heteroatoms. The second-order valence-corrected chi connectivity index (χ2v) is 7.61. The molecule has 0 N–H and O–H groups in total. The predicted octanol–water partition coefficient (Wildman–Crippen LogP) is 2.90. The molecule has 2 amide bonds. The molecule has 4 rings (SSSR count). The van der Waals surface area contributed by atoms with Gasteiger partial charge < -0.3 is 9.64 Å². The third kappa shape index (κ3) is 3.15. The maximum absolute atomic E-state index is 13.7. The number of alkyl halides is 2. The molecule has 4 aliphatic rings. The zero-order valence-electron chi connectivity index (χ0n) is 13.8. The number of urea groups is 1. The molecule has 2 saturated carbocycles. The van der Waals surface area contributed by atoms with Gasteiger partial charge in [-0.05, 0) is 38.0 Å². The SMILES string of the molecule is O=C(N1CC(OC2CCC2)C1)N1N=CC[C@H]1C1CC(F)CC(F)C1. The van der Waals surface area contributed by atoms with Gasteiger partial charge >= 0.3 is 6.03 Å². The van der Waals surface area contributed by atoms with Gasteiger partial charge in [-0.3, -0.25) is 0 Å². The van der Waals surface area contributed by atoms with Gasteiger partial charge in [-0.2, -0.15) is 5.10 Å². The lowest BCUT2D eigenvalue weighted by atomic mass is 9.81. The van der Waals surface area contributed by atoms with Crippen molar-refractivity contribution < 1.29 is 18.3 Å². The van der Waals surface area contributed by atoms with E-state index in [1.165, 1.54) is 11.4 Å². The van der Waals surface area contributed by atoms with Gasteiger partial charge in [0.15, 0.2) is 0 Å². The van der Waals surface area contributed by atoms with Crippen molar-refractivity contribution in [2.75, 3.05) is 13.1 Å². The fourth-order valence-electron chi connectivity index (χ4n) is 4.15. The Kier molecular flexibility index (Phi) is 4.45. The van der Waals surface area contributed by atoms with Gasteiger partial charge in [0.2, 0.25) is 0 Å². The van der Waals surface area contributed by atoms with E-state index >= 15 is 0 Å². The fourth-order valence-corrected chi connectivity index (χ4v) is 4.15. The summed E-state index contributed by atoms with van der Waals surface area (Å²) in [5.41, 5.74) is 0. The first-order valence-electron chi connectivity index (χ1n) is 9.14. The second kappa shape index (κ2) is 6.58. The third-order valence-electron chi connectivity index (χ3n) is 5.79. The van der Waals surface area contributed by atoms with Crippen LogP contribution in [0.3, 0.4) is 0 Å². The lowest BCUT2D eigenvalue weighted by Crippen LogP contribution is -2.60. The monoisotopic (exact) mass is 341 g/mol. The highest BCUT2D eigenvalue weighted by Crippen LogP contribution is 2.36. The molecule has 0 spiro atoms. The highest BCUT2D eigenvalue weighted by atomic mass is 19.1. The van der Waals surface area contributed by atoms with E-state index in [0.717, 1.165) is 12.8 Å². The summed E-state index contributed by atoms with van der Waals surface area (Å²) >= 11 is 0. The van der Waals surface area contributed by atoms with Crippen LogP contribution in [-0.4, -0.2) is 65.8 Å². The van der Waals surface area contributed by atoms with Gasteiger partial charge in [-0.1, -0.05) is 0 Å². The van der Waals surface area contributed by atoms with Crippen molar-refractivity contribution in [1.82, 2.24) is 9.91 Å². The number of rotatable bonds is 3. The number of carbonyl (C=O) groups is 1. The summed E-state index contributed by atoms with van der Waals surface area (Å²) in [6, 6.07) is -0.362. The maximum Gasteiger partial charge on any atom is 0.340 e. The second-order valence-electron chi connectivity index (χ2n) is 7.61. The molecule has 1 saturated heterocycles. The van der Waals surface area contributed by atoms with Crippen LogP contribution >= 0.6 is 0 Å². The molecule has 0 aromatic carbocycles. The molecule has 0 aromatic rings. The van der Waals surface area contributed by atoms with E-state index in [4.69, 9.17) is 4.74 Å². The molecule has 134 valence electrons. The number of ether oxygens (including phenoxy) is 1. The van der Waals surface area contributed by atoms with Crippen molar-refractivity contribution in [1.29, 1.82) is 0 Å². The molecule has 2 aliphatic carbocycles. The van der Waals surface area contributed by atoms with Crippen molar-refractivity contribution in [2.24, 2.45) is 11.0 Å². The molecule has 3 fully saturated rings. The fraction of sp³-hybridized carbons (Fsp3) is 0.882. The van der Waals surface area contributed by atoms with Crippen LogP contribution in [0.15, 0.2) is 5.10 Å². The van der Waals surface area contributed by atoms with E-state index in [2.05, 4.69) is 5.10 Å². The minimum absolute atomic E-state index is 0.00959. The van der Waals surface area contributed by atoms with Crippen molar-refractivity contribution in [2.45, 2.75) is 75.5 Å². The maximum atomic E-state index is 13.7. The third-order valence-corrected chi connectivity index (χ3v) is 5.79. The van der Waals surface area contributed by atoms with Crippen LogP contribution in [0, 0.1) is 5.92 Å². The number of nitrogens with zero attached hydrogens (tertiary/aromatic N) is 3. The van der Waals surface area contributed by atoms with Crippen LogP contribution in [0.25, 0.3) is 0 Å². The van der Waals surface area contributed by atoms with E-state index < -0.39 is 12.3 Å². The van der Waals surface area contributed by atoms with Gasteiger partial charge in [-0.25, -0.2) is 18.6 Å². The first-order valence-corrected chi connectivity index (χ1v) is 9.14. The molecule has 2 heterocycles. The number of amides is 2. The van der Waals surface area contributed by atoms with E-state index in [-0.39, 0.29) is 30.5 Å². The van der Waals surface area contributed by atoms with Crippen LogP contribution in [0.1, 0.15) is 44.9 Å².